The molecule has 2 aromatic heterocycles. The van der Waals surface area contributed by atoms with E-state index in [-0.39, 0.29) is 11.5 Å². The lowest BCUT2D eigenvalue weighted by Gasteiger charge is -2.03. The largest absolute Gasteiger partial charge is 0.506 e. The molecule has 4 nitrogen and oxygen atoms in total. The fourth-order valence-electron chi connectivity index (χ4n) is 3.85. The number of fused-ring (bicyclic) bond motifs is 2. The summed E-state index contributed by atoms with van der Waals surface area (Å²) in [7, 11) is 0. The van der Waals surface area contributed by atoms with Crippen molar-refractivity contribution in [1.82, 2.24) is 9.97 Å². The number of hydrogen-bond acceptors (Lipinski definition) is 4. The van der Waals surface area contributed by atoms with Crippen LogP contribution in [0.2, 0.25) is 0 Å². The second-order valence-corrected chi connectivity index (χ2v) is 7.93. The van der Waals surface area contributed by atoms with E-state index in [0.29, 0.717) is 0 Å². The predicted octanol–water partition coefficient (Wildman–Crippen LogP) is 7.21. The molecule has 0 atom stereocenters. The highest BCUT2D eigenvalue weighted by atomic mass is 16.3. The average molecular weight is 443 g/mol. The summed E-state index contributed by atoms with van der Waals surface area (Å²) in [5, 5.41) is 20.7. The number of nitrogens with zero attached hydrogens (tertiary/aromatic N) is 2. The lowest BCUT2D eigenvalue weighted by atomic mass is 10.0. The Kier molecular flexibility index (Phi) is 5.87. The molecule has 0 saturated carbocycles. The van der Waals surface area contributed by atoms with Crippen molar-refractivity contribution in [3.05, 3.63) is 122 Å². The minimum absolute atomic E-state index is 0.197. The topological polar surface area (TPSA) is 66.2 Å². The van der Waals surface area contributed by atoms with Crippen LogP contribution in [0.3, 0.4) is 0 Å². The molecular formula is C30H22N2O2. The third-order valence-electron chi connectivity index (χ3n) is 5.55. The van der Waals surface area contributed by atoms with Crippen molar-refractivity contribution in [1.29, 1.82) is 0 Å². The van der Waals surface area contributed by atoms with Crippen LogP contribution in [0.15, 0.2) is 122 Å². The SMILES string of the molecule is Oc1cnc2cc(-c3ccccc3)ccc2c1.Oc1cnc2ccc(-c3ccccc3)cc2c1. The maximum atomic E-state index is 9.43. The van der Waals surface area contributed by atoms with Gasteiger partial charge in [0.05, 0.1) is 23.4 Å². The van der Waals surface area contributed by atoms with E-state index in [1.54, 1.807) is 12.1 Å². The quantitative estimate of drug-likeness (QED) is 0.297. The van der Waals surface area contributed by atoms with Gasteiger partial charge in [-0.1, -0.05) is 78.9 Å². The number of benzene rings is 4. The van der Waals surface area contributed by atoms with Crippen LogP contribution < -0.4 is 0 Å². The summed E-state index contributed by atoms with van der Waals surface area (Å²) in [6.07, 6.45) is 2.93. The lowest BCUT2D eigenvalue weighted by Crippen LogP contribution is -1.81. The van der Waals surface area contributed by atoms with Gasteiger partial charge in [-0.05, 0) is 52.6 Å². The second kappa shape index (κ2) is 9.43. The Balaban J connectivity index is 0.000000142. The molecule has 6 rings (SSSR count). The van der Waals surface area contributed by atoms with Crippen LogP contribution in [0.4, 0.5) is 0 Å². The van der Waals surface area contributed by atoms with Crippen LogP contribution in [0.1, 0.15) is 0 Å². The Morgan fingerprint density at radius 2 is 0.941 bits per heavy atom. The molecule has 0 aliphatic carbocycles. The maximum Gasteiger partial charge on any atom is 0.134 e. The fraction of sp³-hybridized carbons (Fsp3) is 0. The van der Waals surface area contributed by atoms with Crippen LogP contribution in [0, 0.1) is 0 Å². The van der Waals surface area contributed by atoms with Gasteiger partial charge < -0.3 is 10.2 Å². The summed E-state index contributed by atoms with van der Waals surface area (Å²) in [6.45, 7) is 0. The zero-order valence-electron chi connectivity index (χ0n) is 18.3. The van der Waals surface area contributed by atoms with Crippen molar-refractivity contribution in [2.75, 3.05) is 0 Å². The lowest BCUT2D eigenvalue weighted by molar-refractivity contribution is 0.473. The van der Waals surface area contributed by atoms with Gasteiger partial charge in [0, 0.05) is 10.8 Å². The van der Waals surface area contributed by atoms with Gasteiger partial charge >= 0.3 is 0 Å². The molecule has 0 bridgehead atoms. The first-order valence-corrected chi connectivity index (χ1v) is 10.9. The Hall–Kier alpha value is -4.70. The van der Waals surface area contributed by atoms with Crippen molar-refractivity contribution in [3.63, 3.8) is 0 Å². The fourth-order valence-corrected chi connectivity index (χ4v) is 3.85. The summed E-state index contributed by atoms with van der Waals surface area (Å²) in [5.74, 6) is 0.396. The molecule has 0 spiro atoms. The van der Waals surface area contributed by atoms with Gasteiger partial charge in [-0.15, -0.1) is 0 Å². The third-order valence-corrected chi connectivity index (χ3v) is 5.55. The van der Waals surface area contributed by atoms with Crippen LogP contribution in [0.25, 0.3) is 44.1 Å². The van der Waals surface area contributed by atoms with Gasteiger partial charge in [0.2, 0.25) is 0 Å². The highest BCUT2D eigenvalue weighted by Crippen LogP contribution is 2.26. The Morgan fingerprint density at radius 1 is 0.412 bits per heavy atom. The van der Waals surface area contributed by atoms with Gasteiger partial charge in [-0.3, -0.25) is 9.97 Å². The number of aromatic hydroxyl groups is 2. The first-order valence-electron chi connectivity index (χ1n) is 10.9. The van der Waals surface area contributed by atoms with Crippen molar-refractivity contribution >= 4 is 21.8 Å². The van der Waals surface area contributed by atoms with Crippen molar-refractivity contribution in [3.8, 4) is 33.8 Å². The second-order valence-electron chi connectivity index (χ2n) is 7.93. The first kappa shape index (κ1) is 21.2. The monoisotopic (exact) mass is 442 g/mol. The van der Waals surface area contributed by atoms with Crippen LogP contribution in [0.5, 0.6) is 11.5 Å². The number of rotatable bonds is 2. The normalized spacial score (nSPS) is 10.6. The molecule has 2 heterocycles. The molecule has 0 radical (unpaired) electrons. The van der Waals surface area contributed by atoms with E-state index in [1.807, 2.05) is 72.8 Å². The van der Waals surface area contributed by atoms with Gasteiger partial charge in [-0.25, -0.2) is 0 Å². The van der Waals surface area contributed by atoms with E-state index in [1.165, 1.54) is 18.0 Å². The average Bonchev–Trinajstić information content (AvgIpc) is 2.89. The summed E-state index contributed by atoms with van der Waals surface area (Å²) >= 11 is 0. The van der Waals surface area contributed by atoms with E-state index < -0.39 is 0 Å². The highest BCUT2D eigenvalue weighted by Gasteiger charge is 2.02. The molecule has 0 saturated heterocycles. The van der Waals surface area contributed by atoms with Gasteiger partial charge in [-0.2, -0.15) is 0 Å². The molecule has 4 aromatic carbocycles. The zero-order chi connectivity index (χ0) is 23.3. The number of aromatic nitrogens is 2. The first-order chi connectivity index (χ1) is 16.7. The molecule has 0 amide bonds. The van der Waals surface area contributed by atoms with Gasteiger partial charge in [0.15, 0.2) is 0 Å². The van der Waals surface area contributed by atoms with E-state index in [9.17, 15) is 10.2 Å². The Bertz CT molecular complexity index is 1570. The van der Waals surface area contributed by atoms with E-state index in [0.717, 1.165) is 38.5 Å². The summed E-state index contributed by atoms with van der Waals surface area (Å²) in [4.78, 5) is 8.38. The van der Waals surface area contributed by atoms with Crippen molar-refractivity contribution in [2.45, 2.75) is 0 Å². The number of hydrogen-bond donors (Lipinski definition) is 2. The molecule has 2 N–H and O–H groups in total. The Morgan fingerprint density at radius 3 is 1.59 bits per heavy atom. The van der Waals surface area contributed by atoms with Crippen molar-refractivity contribution in [2.24, 2.45) is 0 Å². The van der Waals surface area contributed by atoms with Crippen LogP contribution in [-0.2, 0) is 0 Å². The molecule has 0 fully saturated rings. The zero-order valence-corrected chi connectivity index (χ0v) is 18.3. The molecule has 0 unspecified atom stereocenters. The molecule has 4 heteroatoms. The molecule has 34 heavy (non-hydrogen) atoms. The minimum atomic E-state index is 0.197. The predicted molar refractivity (Wildman–Crippen MR) is 138 cm³/mol. The smallest absolute Gasteiger partial charge is 0.134 e. The third kappa shape index (κ3) is 4.71. The van der Waals surface area contributed by atoms with E-state index in [4.69, 9.17) is 0 Å². The summed E-state index contributed by atoms with van der Waals surface area (Å²) in [5.41, 5.74) is 6.38. The van der Waals surface area contributed by atoms with Crippen molar-refractivity contribution < 1.29 is 10.2 Å². The molecule has 0 aliphatic heterocycles. The van der Waals surface area contributed by atoms with E-state index >= 15 is 0 Å². The van der Waals surface area contributed by atoms with E-state index in [2.05, 4.69) is 34.2 Å². The maximum absolute atomic E-state index is 9.43. The summed E-state index contributed by atoms with van der Waals surface area (Å²) in [6, 6.07) is 35.9. The summed E-state index contributed by atoms with van der Waals surface area (Å²) < 4.78 is 0. The highest BCUT2D eigenvalue weighted by molar-refractivity contribution is 5.86. The van der Waals surface area contributed by atoms with Gasteiger partial charge in [0.25, 0.3) is 0 Å². The molecule has 164 valence electrons. The van der Waals surface area contributed by atoms with Gasteiger partial charge in [0.1, 0.15) is 11.5 Å². The molecular weight excluding hydrogens is 420 g/mol. The Labute approximate surface area is 197 Å². The van der Waals surface area contributed by atoms with Crippen LogP contribution >= 0.6 is 0 Å². The number of pyridine rings is 2. The molecule has 6 aromatic rings. The standard InChI is InChI=1S/2C15H11NO/c17-14-8-13-7-6-12(9-15(13)16-10-14)11-4-2-1-3-5-11;17-14-9-13-8-12(6-7-15(13)16-10-14)11-4-2-1-3-5-11/h2*1-10,17H. The van der Waals surface area contributed by atoms with Crippen LogP contribution in [-0.4, -0.2) is 20.2 Å². The molecule has 0 aliphatic rings. The minimum Gasteiger partial charge on any atom is -0.506 e.